The van der Waals surface area contributed by atoms with Crippen LogP contribution in [0.5, 0.6) is 0 Å². The van der Waals surface area contributed by atoms with Crippen molar-refractivity contribution in [2.24, 2.45) is 0 Å². The normalized spacial score (nSPS) is 15.7. The number of benzene rings is 1. The summed E-state index contributed by atoms with van der Waals surface area (Å²) in [4.78, 5) is 27.6. The Morgan fingerprint density at radius 3 is 2.91 bits per heavy atom. The lowest BCUT2D eigenvalue weighted by atomic mass is 10.1. The van der Waals surface area contributed by atoms with Gasteiger partial charge in [0.1, 0.15) is 0 Å². The number of hydrogen-bond acceptors (Lipinski definition) is 4. The minimum absolute atomic E-state index is 0.00448. The predicted molar refractivity (Wildman–Crippen MR) is 93.0 cm³/mol. The Bertz CT molecular complexity index is 738. The molecule has 0 saturated heterocycles. The van der Waals surface area contributed by atoms with E-state index in [0.717, 1.165) is 19.5 Å². The summed E-state index contributed by atoms with van der Waals surface area (Å²) in [5, 5.41) is 5.04. The molecule has 2 aromatic rings. The van der Waals surface area contributed by atoms with E-state index in [9.17, 15) is 9.59 Å². The summed E-state index contributed by atoms with van der Waals surface area (Å²) < 4.78 is 0. The SMILES string of the molecule is CC(=O)c1cccc(NC(=O)C(C)N2CCc3sccc3C2)c1. The van der Waals surface area contributed by atoms with Crippen molar-refractivity contribution in [2.75, 3.05) is 11.9 Å². The van der Waals surface area contributed by atoms with Crippen LogP contribution in [-0.4, -0.2) is 29.2 Å². The molecule has 0 spiro atoms. The molecule has 3 rings (SSSR count). The topological polar surface area (TPSA) is 49.4 Å². The van der Waals surface area contributed by atoms with E-state index >= 15 is 0 Å². The van der Waals surface area contributed by atoms with Crippen LogP contribution in [0.25, 0.3) is 0 Å². The Hall–Kier alpha value is -1.98. The maximum Gasteiger partial charge on any atom is 0.241 e. The zero-order valence-electron chi connectivity index (χ0n) is 13.3. The van der Waals surface area contributed by atoms with Gasteiger partial charge in [-0.3, -0.25) is 14.5 Å². The van der Waals surface area contributed by atoms with Crippen LogP contribution in [0.15, 0.2) is 35.7 Å². The van der Waals surface area contributed by atoms with Crippen molar-refractivity contribution in [3.05, 3.63) is 51.7 Å². The molecule has 23 heavy (non-hydrogen) atoms. The van der Waals surface area contributed by atoms with Gasteiger partial charge in [-0.2, -0.15) is 0 Å². The van der Waals surface area contributed by atoms with E-state index in [2.05, 4.69) is 21.7 Å². The van der Waals surface area contributed by atoms with Gasteiger partial charge in [-0.15, -0.1) is 11.3 Å². The summed E-state index contributed by atoms with van der Waals surface area (Å²) >= 11 is 1.80. The number of carbonyl (C=O) groups excluding carboxylic acids is 2. The Morgan fingerprint density at radius 1 is 1.30 bits per heavy atom. The van der Waals surface area contributed by atoms with Crippen LogP contribution >= 0.6 is 11.3 Å². The molecule has 0 radical (unpaired) electrons. The monoisotopic (exact) mass is 328 g/mol. The summed E-state index contributed by atoms with van der Waals surface area (Å²) in [5.74, 6) is -0.0421. The van der Waals surface area contributed by atoms with E-state index in [-0.39, 0.29) is 17.7 Å². The van der Waals surface area contributed by atoms with Crippen molar-refractivity contribution in [2.45, 2.75) is 32.9 Å². The number of rotatable bonds is 4. The second kappa shape index (κ2) is 6.64. The van der Waals surface area contributed by atoms with Crippen molar-refractivity contribution in [1.82, 2.24) is 4.90 Å². The molecule has 1 unspecified atom stereocenters. The highest BCUT2D eigenvalue weighted by atomic mass is 32.1. The molecule has 120 valence electrons. The van der Waals surface area contributed by atoms with E-state index in [1.54, 1.807) is 29.5 Å². The highest BCUT2D eigenvalue weighted by Gasteiger charge is 2.25. The second-order valence-corrected chi connectivity index (χ2v) is 6.89. The van der Waals surface area contributed by atoms with Crippen LogP contribution in [0.2, 0.25) is 0 Å². The van der Waals surface area contributed by atoms with E-state index in [0.29, 0.717) is 11.3 Å². The van der Waals surface area contributed by atoms with Gasteiger partial charge in [-0.05, 0) is 49.4 Å². The number of nitrogens with one attached hydrogen (secondary N) is 1. The van der Waals surface area contributed by atoms with Gasteiger partial charge in [-0.1, -0.05) is 12.1 Å². The minimum Gasteiger partial charge on any atom is -0.325 e. The van der Waals surface area contributed by atoms with E-state index in [4.69, 9.17) is 0 Å². The number of fused-ring (bicyclic) bond motifs is 1. The third-order valence-electron chi connectivity index (χ3n) is 4.30. The molecule has 1 atom stereocenters. The second-order valence-electron chi connectivity index (χ2n) is 5.89. The van der Waals surface area contributed by atoms with Crippen LogP contribution in [-0.2, 0) is 17.8 Å². The van der Waals surface area contributed by atoms with Gasteiger partial charge in [0, 0.05) is 29.2 Å². The summed E-state index contributed by atoms with van der Waals surface area (Å²) in [6, 6.07) is 9.01. The van der Waals surface area contributed by atoms with Gasteiger partial charge < -0.3 is 5.32 Å². The van der Waals surface area contributed by atoms with Crippen molar-refractivity contribution in [1.29, 1.82) is 0 Å². The predicted octanol–water partition coefficient (Wildman–Crippen LogP) is 3.34. The standard InChI is InChI=1S/C18H20N2O2S/c1-12(20-8-6-17-15(11-20)7-9-23-17)18(22)19-16-5-3-4-14(10-16)13(2)21/h3-5,7,9-10,12H,6,8,11H2,1-2H3,(H,19,22). The molecule has 1 N–H and O–H groups in total. The van der Waals surface area contributed by atoms with Gasteiger partial charge in [0.15, 0.2) is 5.78 Å². The van der Waals surface area contributed by atoms with Gasteiger partial charge in [-0.25, -0.2) is 0 Å². The van der Waals surface area contributed by atoms with Crippen molar-refractivity contribution < 1.29 is 9.59 Å². The lowest BCUT2D eigenvalue weighted by Crippen LogP contribution is -2.44. The number of hydrogen-bond donors (Lipinski definition) is 1. The van der Waals surface area contributed by atoms with Crippen LogP contribution in [0, 0.1) is 0 Å². The Morgan fingerprint density at radius 2 is 2.13 bits per heavy atom. The van der Waals surface area contributed by atoms with E-state index < -0.39 is 0 Å². The minimum atomic E-state index is -0.205. The Balaban J connectivity index is 1.66. The molecule has 5 heteroatoms. The molecule has 0 aliphatic carbocycles. The largest absolute Gasteiger partial charge is 0.325 e. The summed E-state index contributed by atoms with van der Waals surface area (Å²) in [6.45, 7) is 5.17. The average Bonchev–Trinajstić information content (AvgIpc) is 3.01. The quantitative estimate of drug-likeness (QED) is 0.876. The number of carbonyl (C=O) groups is 2. The molecular weight excluding hydrogens is 308 g/mol. The molecule has 1 aliphatic rings. The third kappa shape index (κ3) is 3.51. The molecule has 4 nitrogen and oxygen atoms in total. The summed E-state index contributed by atoms with van der Waals surface area (Å²) in [7, 11) is 0. The van der Waals surface area contributed by atoms with Crippen molar-refractivity contribution in [3.8, 4) is 0 Å². The first kappa shape index (κ1) is 15.9. The maximum atomic E-state index is 12.5. The lowest BCUT2D eigenvalue weighted by Gasteiger charge is -2.31. The molecule has 0 fully saturated rings. The average molecular weight is 328 g/mol. The Kier molecular flexibility index (Phi) is 4.59. The van der Waals surface area contributed by atoms with E-state index in [1.807, 2.05) is 13.0 Å². The van der Waals surface area contributed by atoms with Gasteiger partial charge in [0.25, 0.3) is 0 Å². The summed E-state index contributed by atoms with van der Waals surface area (Å²) in [6.07, 6.45) is 1.00. The van der Waals surface area contributed by atoms with Crippen LogP contribution in [0.3, 0.4) is 0 Å². The van der Waals surface area contributed by atoms with Crippen LogP contribution < -0.4 is 5.32 Å². The fraction of sp³-hybridized carbons (Fsp3) is 0.333. The number of thiophene rings is 1. The number of Topliss-reactive ketones (excluding diaryl/α,β-unsaturated/α-hetero) is 1. The van der Waals surface area contributed by atoms with Crippen LogP contribution in [0.1, 0.15) is 34.6 Å². The first-order valence-electron chi connectivity index (χ1n) is 7.76. The zero-order valence-corrected chi connectivity index (χ0v) is 14.2. The maximum absolute atomic E-state index is 12.5. The molecule has 1 aliphatic heterocycles. The molecule has 1 amide bonds. The number of anilines is 1. The van der Waals surface area contributed by atoms with Gasteiger partial charge in [0.2, 0.25) is 5.91 Å². The molecule has 0 bridgehead atoms. The third-order valence-corrected chi connectivity index (χ3v) is 5.32. The van der Waals surface area contributed by atoms with Crippen molar-refractivity contribution >= 4 is 28.7 Å². The van der Waals surface area contributed by atoms with Crippen LogP contribution in [0.4, 0.5) is 5.69 Å². The number of amides is 1. The highest BCUT2D eigenvalue weighted by Crippen LogP contribution is 2.25. The number of nitrogens with zero attached hydrogens (tertiary/aromatic N) is 1. The lowest BCUT2D eigenvalue weighted by molar-refractivity contribution is -0.121. The number of ketones is 1. The first-order valence-corrected chi connectivity index (χ1v) is 8.63. The Labute approximate surface area is 140 Å². The highest BCUT2D eigenvalue weighted by molar-refractivity contribution is 7.10. The first-order chi connectivity index (χ1) is 11.0. The fourth-order valence-electron chi connectivity index (χ4n) is 2.83. The van der Waals surface area contributed by atoms with E-state index in [1.165, 1.54) is 17.4 Å². The van der Waals surface area contributed by atoms with Crippen molar-refractivity contribution in [3.63, 3.8) is 0 Å². The molecule has 1 aromatic carbocycles. The molecule has 2 heterocycles. The summed E-state index contributed by atoms with van der Waals surface area (Å²) in [5.41, 5.74) is 2.61. The molecule has 1 aromatic heterocycles. The van der Waals surface area contributed by atoms with Gasteiger partial charge in [0.05, 0.1) is 6.04 Å². The van der Waals surface area contributed by atoms with Gasteiger partial charge >= 0.3 is 0 Å². The fourth-order valence-corrected chi connectivity index (χ4v) is 3.72. The molecular formula is C18H20N2O2S. The zero-order chi connectivity index (χ0) is 16.4. The molecule has 0 saturated carbocycles. The smallest absolute Gasteiger partial charge is 0.241 e.